The first kappa shape index (κ1) is 22.0. The molecule has 0 saturated heterocycles. The van der Waals surface area contributed by atoms with E-state index in [1.54, 1.807) is 32.4 Å². The van der Waals surface area contributed by atoms with Crippen molar-refractivity contribution in [2.45, 2.75) is 0 Å². The molecule has 2 aromatic heterocycles. The number of hydrogen-bond donors (Lipinski definition) is 0. The van der Waals surface area contributed by atoms with Crippen molar-refractivity contribution < 1.29 is 23.0 Å². The van der Waals surface area contributed by atoms with E-state index in [0.717, 1.165) is 23.4 Å². The Balaban J connectivity index is 1.71. The number of hydrogen-bond acceptors (Lipinski definition) is 4. The number of fused-ring (bicyclic) bond motifs is 1. The number of pyridine rings is 1. The molecule has 0 aliphatic carbocycles. The van der Waals surface area contributed by atoms with Gasteiger partial charge in [0.05, 0.1) is 25.6 Å². The standard InChI is InChI=1S/C26H20F2N2O3/c1-32-19-10-13-24(33-2)20(16-19)26-23(29-25-5-3-4-14-30(25)26)12-9-18(31)8-6-17-7-11-21(27)22(28)15-17/h3-16H,1-2H3/b8-6+,12-9+. The molecule has 0 bridgehead atoms. The van der Waals surface area contributed by atoms with Gasteiger partial charge in [0.25, 0.3) is 0 Å². The van der Waals surface area contributed by atoms with Crippen LogP contribution in [0.25, 0.3) is 29.1 Å². The largest absolute Gasteiger partial charge is 0.497 e. The van der Waals surface area contributed by atoms with Gasteiger partial charge >= 0.3 is 0 Å². The van der Waals surface area contributed by atoms with E-state index in [2.05, 4.69) is 4.98 Å². The van der Waals surface area contributed by atoms with Gasteiger partial charge in [0.2, 0.25) is 0 Å². The van der Waals surface area contributed by atoms with E-state index in [1.807, 2.05) is 34.9 Å². The molecular weight excluding hydrogens is 426 g/mol. The highest BCUT2D eigenvalue weighted by Gasteiger charge is 2.17. The van der Waals surface area contributed by atoms with E-state index in [4.69, 9.17) is 9.47 Å². The third kappa shape index (κ3) is 4.67. The molecule has 0 fully saturated rings. The number of carbonyl (C=O) groups excluding carboxylic acids is 1. The van der Waals surface area contributed by atoms with Gasteiger partial charge in [0.1, 0.15) is 17.1 Å². The van der Waals surface area contributed by atoms with Crippen molar-refractivity contribution in [3.63, 3.8) is 0 Å². The van der Waals surface area contributed by atoms with Crippen molar-refractivity contribution in [3.8, 4) is 22.8 Å². The zero-order valence-electron chi connectivity index (χ0n) is 18.0. The minimum Gasteiger partial charge on any atom is -0.497 e. The predicted molar refractivity (Wildman–Crippen MR) is 123 cm³/mol. The fourth-order valence-corrected chi connectivity index (χ4v) is 3.41. The van der Waals surface area contributed by atoms with Crippen LogP contribution < -0.4 is 9.47 Å². The topological polar surface area (TPSA) is 52.8 Å². The van der Waals surface area contributed by atoms with Gasteiger partial charge in [-0.25, -0.2) is 13.8 Å². The number of allylic oxidation sites excluding steroid dienone is 2. The molecule has 0 N–H and O–H groups in total. The summed E-state index contributed by atoms with van der Waals surface area (Å²) in [6.45, 7) is 0. The lowest BCUT2D eigenvalue weighted by Crippen LogP contribution is -1.95. The first-order valence-electron chi connectivity index (χ1n) is 10.0. The highest BCUT2D eigenvalue weighted by molar-refractivity contribution is 6.04. The Morgan fingerprint density at radius 1 is 0.939 bits per heavy atom. The second-order valence-corrected chi connectivity index (χ2v) is 7.08. The number of halogens is 2. The summed E-state index contributed by atoms with van der Waals surface area (Å²) >= 11 is 0. The Kier molecular flexibility index (Phi) is 6.31. The average Bonchev–Trinajstić information content (AvgIpc) is 3.21. The third-order valence-electron chi connectivity index (χ3n) is 5.01. The molecule has 0 unspecified atom stereocenters. The van der Waals surface area contributed by atoms with Crippen LogP contribution in [-0.2, 0) is 4.79 Å². The molecule has 166 valence electrons. The molecule has 7 heteroatoms. The SMILES string of the molecule is COc1ccc(OC)c(-c2c(/C=C/C(=O)/C=C/c3ccc(F)c(F)c3)nc3ccccn23)c1. The summed E-state index contributed by atoms with van der Waals surface area (Å²) in [5, 5.41) is 0. The molecule has 0 aliphatic heterocycles. The van der Waals surface area contributed by atoms with Crippen molar-refractivity contribution in [3.05, 3.63) is 95.8 Å². The molecule has 0 spiro atoms. The normalized spacial score (nSPS) is 11.5. The lowest BCUT2D eigenvalue weighted by atomic mass is 10.1. The van der Waals surface area contributed by atoms with Crippen LogP contribution in [0, 0.1) is 11.6 Å². The number of rotatable bonds is 7. The second-order valence-electron chi connectivity index (χ2n) is 7.08. The minimum absolute atomic E-state index is 0.333. The highest BCUT2D eigenvalue weighted by atomic mass is 19.2. The second kappa shape index (κ2) is 9.48. The number of methoxy groups -OCH3 is 2. The van der Waals surface area contributed by atoms with Crippen molar-refractivity contribution in [2.75, 3.05) is 14.2 Å². The number of ketones is 1. The summed E-state index contributed by atoms with van der Waals surface area (Å²) in [5.41, 5.74) is 3.12. The van der Waals surface area contributed by atoms with Gasteiger partial charge in [0, 0.05) is 11.8 Å². The lowest BCUT2D eigenvalue weighted by molar-refractivity contribution is -0.110. The summed E-state index contributed by atoms with van der Waals surface area (Å²) < 4.78 is 39.3. The van der Waals surface area contributed by atoms with E-state index < -0.39 is 11.6 Å². The van der Waals surface area contributed by atoms with Crippen LogP contribution in [0.4, 0.5) is 8.78 Å². The number of aromatic nitrogens is 2. The van der Waals surface area contributed by atoms with Gasteiger partial charge in [-0.05, 0) is 66.3 Å². The molecule has 4 aromatic rings. The quantitative estimate of drug-likeness (QED) is 0.347. The fourth-order valence-electron chi connectivity index (χ4n) is 3.41. The van der Waals surface area contributed by atoms with Gasteiger partial charge in [-0.2, -0.15) is 0 Å². The Morgan fingerprint density at radius 2 is 1.76 bits per heavy atom. The number of ether oxygens (including phenoxy) is 2. The molecule has 0 radical (unpaired) electrons. The van der Waals surface area contributed by atoms with Crippen molar-refractivity contribution in [2.24, 2.45) is 0 Å². The van der Waals surface area contributed by atoms with Crippen LogP contribution in [0.5, 0.6) is 11.5 Å². The Hall–Kier alpha value is -4.26. The van der Waals surface area contributed by atoms with E-state index >= 15 is 0 Å². The maximum atomic E-state index is 13.4. The van der Waals surface area contributed by atoms with Gasteiger partial charge < -0.3 is 9.47 Å². The number of imidazole rings is 1. The molecule has 0 atom stereocenters. The monoisotopic (exact) mass is 446 g/mol. The molecule has 0 aliphatic rings. The Labute approximate surface area is 189 Å². The summed E-state index contributed by atoms with van der Waals surface area (Å²) in [7, 11) is 3.16. The minimum atomic E-state index is -0.971. The first-order chi connectivity index (χ1) is 16.0. The van der Waals surface area contributed by atoms with Crippen LogP contribution in [0.2, 0.25) is 0 Å². The fraction of sp³-hybridized carbons (Fsp3) is 0.0769. The molecule has 2 heterocycles. The average molecular weight is 446 g/mol. The van der Waals surface area contributed by atoms with E-state index in [-0.39, 0.29) is 5.78 Å². The van der Waals surface area contributed by atoms with E-state index in [1.165, 1.54) is 24.3 Å². The summed E-state index contributed by atoms with van der Waals surface area (Å²) in [6.07, 6.45) is 7.56. The van der Waals surface area contributed by atoms with Gasteiger partial charge in [0.15, 0.2) is 17.4 Å². The third-order valence-corrected chi connectivity index (χ3v) is 5.01. The molecule has 33 heavy (non-hydrogen) atoms. The zero-order chi connectivity index (χ0) is 23.4. The van der Waals surface area contributed by atoms with Crippen LogP contribution in [0.15, 0.2) is 72.9 Å². The molecule has 0 saturated carbocycles. The predicted octanol–water partition coefficient (Wildman–Crippen LogP) is 5.59. The summed E-state index contributed by atoms with van der Waals surface area (Å²) in [5.74, 6) is -0.967. The number of carbonyl (C=O) groups is 1. The molecule has 5 nitrogen and oxygen atoms in total. The molecule has 2 aromatic carbocycles. The highest BCUT2D eigenvalue weighted by Crippen LogP contribution is 2.36. The van der Waals surface area contributed by atoms with Crippen LogP contribution in [0.3, 0.4) is 0 Å². The summed E-state index contributed by atoms with van der Waals surface area (Å²) in [4.78, 5) is 17.1. The van der Waals surface area contributed by atoms with Crippen LogP contribution in [0.1, 0.15) is 11.3 Å². The molecule has 0 amide bonds. The van der Waals surface area contributed by atoms with Gasteiger partial charge in [-0.15, -0.1) is 0 Å². The molecular formula is C26H20F2N2O3. The summed E-state index contributed by atoms with van der Waals surface area (Å²) in [6, 6.07) is 14.5. The molecule has 4 rings (SSSR count). The van der Waals surface area contributed by atoms with E-state index in [0.29, 0.717) is 28.4 Å². The first-order valence-corrected chi connectivity index (χ1v) is 10.0. The lowest BCUT2D eigenvalue weighted by Gasteiger charge is -2.11. The van der Waals surface area contributed by atoms with E-state index in [9.17, 15) is 13.6 Å². The Bertz CT molecular complexity index is 1390. The number of benzene rings is 2. The van der Waals surface area contributed by atoms with Crippen LogP contribution >= 0.6 is 0 Å². The van der Waals surface area contributed by atoms with Crippen molar-refractivity contribution in [1.82, 2.24) is 9.38 Å². The van der Waals surface area contributed by atoms with Gasteiger partial charge in [-0.1, -0.05) is 18.2 Å². The number of nitrogens with zero attached hydrogens (tertiary/aromatic N) is 2. The maximum Gasteiger partial charge on any atom is 0.178 e. The van der Waals surface area contributed by atoms with Gasteiger partial charge in [-0.3, -0.25) is 9.20 Å². The Morgan fingerprint density at radius 3 is 2.52 bits per heavy atom. The van der Waals surface area contributed by atoms with Crippen molar-refractivity contribution in [1.29, 1.82) is 0 Å². The van der Waals surface area contributed by atoms with Crippen LogP contribution in [-0.4, -0.2) is 29.4 Å². The zero-order valence-corrected chi connectivity index (χ0v) is 18.0. The maximum absolute atomic E-state index is 13.4. The van der Waals surface area contributed by atoms with Crippen molar-refractivity contribution >= 4 is 23.6 Å². The smallest absolute Gasteiger partial charge is 0.178 e.